The van der Waals surface area contributed by atoms with Gasteiger partial charge >= 0.3 is 0 Å². The van der Waals surface area contributed by atoms with E-state index in [1.807, 2.05) is 32.0 Å². The minimum atomic E-state index is 0.775. The second-order valence-electron chi connectivity index (χ2n) is 3.70. The van der Waals surface area contributed by atoms with E-state index in [-0.39, 0.29) is 0 Å². The van der Waals surface area contributed by atoms with E-state index >= 15 is 0 Å². The highest BCUT2D eigenvalue weighted by Gasteiger charge is 2.03. The van der Waals surface area contributed by atoms with Gasteiger partial charge in [0, 0.05) is 31.7 Å². The molecule has 0 radical (unpaired) electrons. The largest absolute Gasteiger partial charge is 0.334 e. The highest BCUT2D eigenvalue weighted by Crippen LogP contribution is 2.03. The maximum atomic E-state index is 4.34. The van der Waals surface area contributed by atoms with Crippen molar-refractivity contribution >= 4 is 0 Å². The van der Waals surface area contributed by atoms with Crippen LogP contribution in [0.15, 0.2) is 24.9 Å². The van der Waals surface area contributed by atoms with Crippen molar-refractivity contribution in [2.24, 2.45) is 0 Å². The Labute approximate surface area is 95.1 Å². The van der Waals surface area contributed by atoms with Crippen LogP contribution in [0.5, 0.6) is 0 Å². The predicted octanol–water partition coefficient (Wildman–Crippen LogP) is 0.867. The molecule has 0 spiro atoms. The first kappa shape index (κ1) is 10.9. The highest BCUT2D eigenvalue weighted by molar-refractivity contribution is 5.00. The van der Waals surface area contributed by atoms with Crippen LogP contribution >= 0.6 is 0 Å². The van der Waals surface area contributed by atoms with Gasteiger partial charge in [0.25, 0.3) is 0 Å². The van der Waals surface area contributed by atoms with Gasteiger partial charge in [-0.2, -0.15) is 0 Å². The Morgan fingerprint density at radius 3 is 3.00 bits per heavy atom. The average Bonchev–Trinajstić information content (AvgIpc) is 2.89. The zero-order chi connectivity index (χ0) is 11.4. The van der Waals surface area contributed by atoms with E-state index in [0.29, 0.717) is 0 Å². The number of hydrogen-bond donors (Lipinski definition) is 1. The third-order valence-electron chi connectivity index (χ3n) is 2.51. The van der Waals surface area contributed by atoms with E-state index in [1.54, 1.807) is 0 Å². The lowest BCUT2D eigenvalue weighted by Crippen LogP contribution is -2.07. The molecule has 0 bridgehead atoms. The summed E-state index contributed by atoms with van der Waals surface area (Å²) in [6, 6.07) is 0. The molecule has 2 rings (SSSR count). The molecule has 0 aliphatic rings. The second-order valence-corrected chi connectivity index (χ2v) is 3.70. The van der Waals surface area contributed by atoms with Crippen molar-refractivity contribution in [3.8, 4) is 0 Å². The van der Waals surface area contributed by atoms with Crippen molar-refractivity contribution in [1.82, 2.24) is 24.4 Å². The highest BCUT2D eigenvalue weighted by atomic mass is 15.1. The van der Waals surface area contributed by atoms with E-state index in [0.717, 1.165) is 31.2 Å². The lowest BCUT2D eigenvalue weighted by molar-refractivity contribution is 0.650. The van der Waals surface area contributed by atoms with Gasteiger partial charge in [0.2, 0.25) is 0 Å². The first-order valence-electron chi connectivity index (χ1n) is 5.48. The average molecular weight is 219 g/mol. The van der Waals surface area contributed by atoms with Gasteiger partial charge in [-0.1, -0.05) is 0 Å². The third-order valence-corrected chi connectivity index (χ3v) is 2.51. The summed E-state index contributed by atoms with van der Waals surface area (Å²) in [6.45, 7) is 4.64. The maximum Gasteiger partial charge on any atom is 0.128 e. The Bertz CT molecular complexity index is 443. The van der Waals surface area contributed by atoms with Crippen LogP contribution in [0.3, 0.4) is 0 Å². The lowest BCUT2D eigenvalue weighted by Gasteiger charge is -2.04. The van der Waals surface area contributed by atoms with Crippen molar-refractivity contribution in [2.75, 3.05) is 7.05 Å². The summed E-state index contributed by atoms with van der Waals surface area (Å²) in [5, 5.41) is 3.08. The minimum Gasteiger partial charge on any atom is -0.334 e. The van der Waals surface area contributed by atoms with Crippen molar-refractivity contribution < 1.29 is 0 Å². The van der Waals surface area contributed by atoms with Gasteiger partial charge in [0.15, 0.2) is 0 Å². The van der Waals surface area contributed by atoms with Crippen LogP contribution in [0.1, 0.15) is 18.4 Å². The molecular weight excluding hydrogens is 202 g/mol. The van der Waals surface area contributed by atoms with E-state index in [2.05, 4.69) is 31.3 Å². The number of nitrogens with one attached hydrogen (secondary N) is 1. The predicted molar refractivity (Wildman–Crippen MR) is 62.0 cm³/mol. The Kier molecular flexibility index (Phi) is 3.36. The Morgan fingerprint density at radius 1 is 1.38 bits per heavy atom. The smallest absolute Gasteiger partial charge is 0.128 e. The monoisotopic (exact) mass is 219 g/mol. The van der Waals surface area contributed by atoms with Gasteiger partial charge in [0.1, 0.15) is 5.82 Å². The molecule has 0 unspecified atom stereocenters. The standard InChI is InChI=1S/C11H17N5/c1-3-16-5-4-13-11(16)8-15-7-10(6-12-2)14-9-15/h4-5,7,9,12H,3,6,8H2,1-2H3. The van der Waals surface area contributed by atoms with Crippen LogP contribution in [-0.4, -0.2) is 26.1 Å². The molecule has 16 heavy (non-hydrogen) atoms. The van der Waals surface area contributed by atoms with Crippen molar-refractivity contribution in [1.29, 1.82) is 0 Å². The molecule has 0 amide bonds. The van der Waals surface area contributed by atoms with Gasteiger partial charge in [-0.25, -0.2) is 9.97 Å². The molecule has 0 aromatic carbocycles. The van der Waals surface area contributed by atoms with Crippen LogP contribution in [0.4, 0.5) is 0 Å². The number of aromatic nitrogens is 4. The zero-order valence-corrected chi connectivity index (χ0v) is 9.72. The third kappa shape index (κ3) is 2.30. The fourth-order valence-electron chi connectivity index (χ4n) is 1.71. The Hall–Kier alpha value is -1.62. The molecule has 2 aromatic rings. The Morgan fingerprint density at radius 2 is 2.25 bits per heavy atom. The number of nitrogens with zero attached hydrogens (tertiary/aromatic N) is 4. The first-order valence-corrected chi connectivity index (χ1v) is 5.48. The van der Waals surface area contributed by atoms with Gasteiger partial charge in [0.05, 0.1) is 18.6 Å². The summed E-state index contributed by atoms with van der Waals surface area (Å²) < 4.78 is 4.19. The summed E-state index contributed by atoms with van der Waals surface area (Å²) in [7, 11) is 1.92. The number of hydrogen-bond acceptors (Lipinski definition) is 3. The van der Waals surface area contributed by atoms with Crippen molar-refractivity contribution in [3.63, 3.8) is 0 Å². The first-order chi connectivity index (χ1) is 7.83. The lowest BCUT2D eigenvalue weighted by atomic mass is 10.5. The molecule has 0 aliphatic carbocycles. The molecule has 5 heteroatoms. The van der Waals surface area contributed by atoms with E-state index < -0.39 is 0 Å². The molecule has 86 valence electrons. The summed E-state index contributed by atoms with van der Waals surface area (Å²) in [6.07, 6.45) is 7.73. The van der Waals surface area contributed by atoms with Crippen molar-refractivity contribution in [2.45, 2.75) is 26.6 Å². The van der Waals surface area contributed by atoms with Gasteiger partial charge in [-0.05, 0) is 14.0 Å². The van der Waals surface area contributed by atoms with E-state index in [9.17, 15) is 0 Å². The van der Waals surface area contributed by atoms with Crippen LogP contribution in [0, 0.1) is 0 Å². The van der Waals surface area contributed by atoms with Crippen LogP contribution in [0.2, 0.25) is 0 Å². The molecule has 2 aromatic heterocycles. The molecule has 0 fully saturated rings. The minimum absolute atomic E-state index is 0.775. The van der Waals surface area contributed by atoms with Crippen LogP contribution in [-0.2, 0) is 19.6 Å². The second kappa shape index (κ2) is 4.94. The van der Waals surface area contributed by atoms with Gasteiger partial charge in [-0.3, -0.25) is 0 Å². The molecule has 0 atom stereocenters. The van der Waals surface area contributed by atoms with Crippen molar-refractivity contribution in [3.05, 3.63) is 36.4 Å². The molecule has 0 saturated carbocycles. The maximum absolute atomic E-state index is 4.34. The molecule has 1 N–H and O–H groups in total. The summed E-state index contributed by atoms with van der Waals surface area (Å²) in [5.74, 6) is 1.07. The summed E-state index contributed by atoms with van der Waals surface area (Å²) in [5.41, 5.74) is 1.05. The molecular formula is C11H17N5. The number of aryl methyl sites for hydroxylation is 1. The van der Waals surface area contributed by atoms with Crippen LogP contribution in [0.25, 0.3) is 0 Å². The quantitative estimate of drug-likeness (QED) is 0.811. The number of rotatable bonds is 5. The fraction of sp³-hybridized carbons (Fsp3) is 0.455. The normalized spacial score (nSPS) is 10.9. The fourth-order valence-corrected chi connectivity index (χ4v) is 1.71. The van der Waals surface area contributed by atoms with E-state index in [1.165, 1.54) is 0 Å². The topological polar surface area (TPSA) is 47.7 Å². The Balaban J connectivity index is 2.08. The molecule has 0 aliphatic heterocycles. The summed E-state index contributed by atoms with van der Waals surface area (Å²) >= 11 is 0. The van der Waals surface area contributed by atoms with Gasteiger partial charge in [-0.15, -0.1) is 0 Å². The molecule has 0 saturated heterocycles. The zero-order valence-electron chi connectivity index (χ0n) is 9.72. The summed E-state index contributed by atoms with van der Waals surface area (Å²) in [4.78, 5) is 8.64. The van der Waals surface area contributed by atoms with Crippen LogP contribution < -0.4 is 5.32 Å². The number of imidazole rings is 2. The molecule has 5 nitrogen and oxygen atoms in total. The SMILES string of the molecule is CCn1ccnc1Cn1cnc(CNC)c1. The molecule has 2 heterocycles. The van der Waals surface area contributed by atoms with E-state index in [4.69, 9.17) is 0 Å². The van der Waals surface area contributed by atoms with Gasteiger partial charge < -0.3 is 14.5 Å².